The van der Waals surface area contributed by atoms with Crippen LogP contribution in [0.4, 0.5) is 4.79 Å². The number of fused-ring (bicyclic) bond motifs is 1. The summed E-state index contributed by atoms with van der Waals surface area (Å²) in [6, 6.07) is 16.8. The first-order chi connectivity index (χ1) is 15.0. The smallest absolute Gasteiger partial charge is 0.318 e. The highest BCUT2D eigenvalue weighted by molar-refractivity contribution is 8.00. The second-order valence-corrected chi connectivity index (χ2v) is 9.98. The van der Waals surface area contributed by atoms with Crippen LogP contribution in [-0.4, -0.2) is 36.9 Å². The molecular formula is C20H18N6O2S3. The number of nitrogens with two attached hydrogens (primary N) is 1. The van der Waals surface area contributed by atoms with E-state index in [1.165, 1.54) is 11.8 Å². The average molecular weight is 471 g/mol. The van der Waals surface area contributed by atoms with Crippen molar-refractivity contribution in [3.8, 4) is 5.69 Å². The number of imide groups is 1. The number of carbonyl (C=O) groups excluding carboxylic acids is 2. The van der Waals surface area contributed by atoms with Crippen LogP contribution in [0.15, 0.2) is 64.1 Å². The van der Waals surface area contributed by atoms with Gasteiger partial charge in [0.05, 0.1) is 21.2 Å². The zero-order valence-electron chi connectivity index (χ0n) is 16.4. The Balaban J connectivity index is 1.58. The van der Waals surface area contributed by atoms with Crippen molar-refractivity contribution >= 4 is 57.0 Å². The Morgan fingerprint density at radius 2 is 1.87 bits per heavy atom. The maximum atomic E-state index is 12.1. The summed E-state index contributed by atoms with van der Waals surface area (Å²) in [5.41, 5.74) is 6.91. The van der Waals surface area contributed by atoms with Gasteiger partial charge in [0.2, 0.25) is 5.91 Å². The first-order valence-electron chi connectivity index (χ1n) is 9.26. The van der Waals surface area contributed by atoms with Crippen LogP contribution in [0.5, 0.6) is 0 Å². The van der Waals surface area contributed by atoms with Gasteiger partial charge in [0.1, 0.15) is 5.82 Å². The van der Waals surface area contributed by atoms with Crippen molar-refractivity contribution in [3.63, 3.8) is 0 Å². The van der Waals surface area contributed by atoms with E-state index in [4.69, 9.17) is 5.73 Å². The number of thiazole rings is 1. The van der Waals surface area contributed by atoms with Gasteiger partial charge in [-0.3, -0.25) is 14.7 Å². The van der Waals surface area contributed by atoms with Gasteiger partial charge in [0.15, 0.2) is 9.50 Å². The summed E-state index contributed by atoms with van der Waals surface area (Å²) in [5, 5.41) is 10.7. The van der Waals surface area contributed by atoms with Gasteiger partial charge in [0.25, 0.3) is 0 Å². The minimum absolute atomic E-state index is 0.481. The van der Waals surface area contributed by atoms with Crippen molar-refractivity contribution in [1.82, 2.24) is 25.1 Å². The topological polar surface area (TPSA) is 116 Å². The molecule has 8 nitrogen and oxygen atoms in total. The highest BCUT2D eigenvalue weighted by Crippen LogP contribution is 2.33. The minimum atomic E-state index is -0.880. The fourth-order valence-electron chi connectivity index (χ4n) is 2.78. The number of nitrogens with zero attached hydrogens (tertiary/aromatic N) is 4. The molecule has 0 saturated heterocycles. The van der Waals surface area contributed by atoms with E-state index in [-0.39, 0.29) is 0 Å². The van der Waals surface area contributed by atoms with Crippen molar-refractivity contribution in [2.75, 3.05) is 0 Å². The van der Waals surface area contributed by atoms with E-state index in [1.54, 1.807) is 30.0 Å². The lowest BCUT2D eigenvalue weighted by Crippen LogP contribution is -2.39. The number of primary amides is 1. The van der Waals surface area contributed by atoms with Gasteiger partial charge in [-0.25, -0.2) is 9.78 Å². The van der Waals surface area contributed by atoms with E-state index >= 15 is 0 Å². The highest BCUT2D eigenvalue weighted by Gasteiger charge is 2.22. The van der Waals surface area contributed by atoms with Gasteiger partial charge in [-0.15, -0.1) is 21.5 Å². The maximum absolute atomic E-state index is 12.1. The third-order valence-corrected chi connectivity index (χ3v) is 7.43. The molecule has 11 heteroatoms. The number of aromatic nitrogens is 4. The molecule has 3 N–H and O–H groups in total. The zero-order chi connectivity index (χ0) is 21.8. The van der Waals surface area contributed by atoms with Crippen molar-refractivity contribution in [2.45, 2.75) is 27.4 Å². The van der Waals surface area contributed by atoms with E-state index < -0.39 is 17.2 Å². The molecule has 1 atom stereocenters. The lowest BCUT2D eigenvalue weighted by atomic mass is 10.3. The molecule has 4 aromatic rings. The summed E-state index contributed by atoms with van der Waals surface area (Å²) in [7, 11) is 0. The van der Waals surface area contributed by atoms with Crippen LogP contribution in [0.1, 0.15) is 12.7 Å². The zero-order valence-corrected chi connectivity index (χ0v) is 18.8. The second-order valence-electron chi connectivity index (χ2n) is 6.42. The number of hydrogen-bond donors (Lipinski definition) is 2. The monoisotopic (exact) mass is 470 g/mol. The number of thioether (sulfide) groups is 2. The minimum Gasteiger partial charge on any atom is -0.351 e. The van der Waals surface area contributed by atoms with E-state index in [2.05, 4.69) is 26.6 Å². The molecule has 0 saturated carbocycles. The molecule has 158 valence electrons. The Labute approximate surface area is 190 Å². The van der Waals surface area contributed by atoms with Crippen LogP contribution in [-0.2, 0) is 10.5 Å². The third-order valence-electron chi connectivity index (χ3n) is 4.21. The normalized spacial score (nSPS) is 12.0. The SMILES string of the molecule is CC(Sc1nnc(CSc2nc3ccccc3s2)n1-c1ccccc1)C(=O)NC(N)=O. The number of urea groups is 1. The van der Waals surface area contributed by atoms with E-state index in [1.807, 2.05) is 53.1 Å². The van der Waals surface area contributed by atoms with Crippen LogP contribution in [0, 0.1) is 0 Å². The first kappa shape index (κ1) is 21.3. The number of para-hydroxylation sites is 2. The summed E-state index contributed by atoms with van der Waals surface area (Å²) < 4.78 is 4.01. The Kier molecular flexibility index (Phi) is 6.54. The molecule has 0 spiro atoms. The Bertz CT molecular complexity index is 1190. The largest absolute Gasteiger partial charge is 0.351 e. The lowest BCUT2D eigenvalue weighted by molar-refractivity contribution is -0.119. The molecule has 2 aromatic heterocycles. The fraction of sp³-hybridized carbons (Fsp3) is 0.150. The van der Waals surface area contributed by atoms with Crippen LogP contribution in [0.3, 0.4) is 0 Å². The van der Waals surface area contributed by atoms with E-state index in [9.17, 15) is 9.59 Å². The number of benzene rings is 2. The van der Waals surface area contributed by atoms with Gasteiger partial charge >= 0.3 is 6.03 Å². The highest BCUT2D eigenvalue weighted by atomic mass is 32.2. The molecule has 0 aliphatic heterocycles. The Hall–Kier alpha value is -2.89. The number of carbonyl (C=O) groups is 2. The van der Waals surface area contributed by atoms with Crippen molar-refractivity contribution in [1.29, 1.82) is 0 Å². The molecule has 0 aliphatic carbocycles. The fourth-order valence-corrected chi connectivity index (χ4v) is 5.65. The van der Waals surface area contributed by atoms with Crippen molar-refractivity contribution < 1.29 is 9.59 Å². The molecule has 0 aliphatic rings. The number of rotatable bonds is 7. The first-order valence-corrected chi connectivity index (χ1v) is 11.9. The predicted octanol–water partition coefficient (Wildman–Crippen LogP) is 3.84. The Morgan fingerprint density at radius 1 is 1.13 bits per heavy atom. The van der Waals surface area contributed by atoms with Crippen molar-refractivity contribution in [3.05, 3.63) is 60.4 Å². The summed E-state index contributed by atoms with van der Waals surface area (Å²) in [5.74, 6) is 0.815. The molecule has 4 rings (SSSR count). The van der Waals surface area contributed by atoms with E-state index in [0.717, 1.165) is 26.1 Å². The van der Waals surface area contributed by atoms with Crippen molar-refractivity contribution in [2.24, 2.45) is 5.73 Å². The van der Waals surface area contributed by atoms with Crippen LogP contribution in [0.2, 0.25) is 0 Å². The molecule has 0 fully saturated rings. The molecule has 31 heavy (non-hydrogen) atoms. The number of hydrogen-bond acceptors (Lipinski definition) is 8. The van der Waals surface area contributed by atoms with Gasteiger partial charge in [-0.05, 0) is 31.2 Å². The molecule has 0 radical (unpaired) electrons. The summed E-state index contributed by atoms with van der Waals surface area (Å²) in [6.07, 6.45) is 0. The van der Waals surface area contributed by atoms with Gasteiger partial charge in [0, 0.05) is 5.69 Å². The molecule has 1 unspecified atom stereocenters. The van der Waals surface area contributed by atoms with Gasteiger partial charge in [-0.2, -0.15) is 0 Å². The van der Waals surface area contributed by atoms with E-state index in [0.29, 0.717) is 10.9 Å². The summed E-state index contributed by atoms with van der Waals surface area (Å²) >= 11 is 4.44. The van der Waals surface area contributed by atoms with Gasteiger partial charge < -0.3 is 5.73 Å². The van der Waals surface area contributed by atoms with Crippen LogP contribution >= 0.6 is 34.9 Å². The van der Waals surface area contributed by atoms with Crippen LogP contribution in [0.25, 0.3) is 15.9 Å². The molecular weight excluding hydrogens is 452 g/mol. The van der Waals surface area contributed by atoms with Crippen LogP contribution < -0.4 is 11.1 Å². The molecule has 2 heterocycles. The standard InChI is InChI=1S/C20H18N6O2S3/c1-12(17(27)23-18(21)28)30-19-25-24-16(26(19)13-7-3-2-4-8-13)11-29-20-22-14-9-5-6-10-15(14)31-20/h2-10,12H,11H2,1H3,(H3,21,23,27,28). The molecule has 3 amide bonds. The second kappa shape index (κ2) is 9.50. The molecule has 0 bridgehead atoms. The molecule has 2 aromatic carbocycles. The summed E-state index contributed by atoms with van der Waals surface area (Å²) in [6.45, 7) is 1.68. The quantitative estimate of drug-likeness (QED) is 0.394. The summed E-state index contributed by atoms with van der Waals surface area (Å²) in [4.78, 5) is 27.7. The maximum Gasteiger partial charge on any atom is 0.318 e. The predicted molar refractivity (Wildman–Crippen MR) is 124 cm³/mol. The lowest BCUT2D eigenvalue weighted by Gasteiger charge is -2.12. The van der Waals surface area contributed by atoms with Gasteiger partial charge in [-0.1, -0.05) is 53.9 Å². The number of amides is 3. The Morgan fingerprint density at radius 3 is 2.61 bits per heavy atom. The third kappa shape index (κ3) is 5.06. The average Bonchev–Trinajstić information content (AvgIpc) is 3.35. The number of nitrogens with one attached hydrogen (secondary N) is 1.